The molecule has 0 aliphatic carbocycles. The van der Waals surface area contributed by atoms with E-state index in [1.165, 1.54) is 20.1 Å². The Morgan fingerprint density at radius 1 is 0.881 bits per heavy atom. The second-order valence-corrected chi connectivity index (χ2v) is 10.4. The van der Waals surface area contributed by atoms with E-state index in [1.807, 2.05) is 0 Å². The molecular formula is C28H34O14. The quantitative estimate of drug-likeness (QED) is 0.208. The Labute approximate surface area is 240 Å². The van der Waals surface area contributed by atoms with Gasteiger partial charge in [0.05, 0.1) is 26.2 Å². The Balaban J connectivity index is 1.31. The second-order valence-electron chi connectivity index (χ2n) is 10.4. The summed E-state index contributed by atoms with van der Waals surface area (Å²) < 4.78 is 33.5. The van der Waals surface area contributed by atoms with Gasteiger partial charge >= 0.3 is 0 Å². The van der Waals surface area contributed by atoms with E-state index < -0.39 is 79.9 Å². The third-order valence-corrected chi connectivity index (χ3v) is 7.63. The zero-order valence-electron chi connectivity index (χ0n) is 22.7. The molecular weight excluding hydrogens is 560 g/mol. The molecule has 3 aliphatic rings. The molecule has 2 saturated heterocycles. The monoisotopic (exact) mass is 594 g/mol. The molecule has 3 aliphatic heterocycles. The van der Waals surface area contributed by atoms with Crippen LogP contribution in [0.1, 0.15) is 35.4 Å². The highest BCUT2D eigenvalue weighted by molar-refractivity contribution is 6.02. The number of aliphatic hydroxyl groups excluding tert-OH is 6. The highest BCUT2D eigenvalue weighted by Gasteiger charge is 2.50. The first kappa shape index (κ1) is 30.4. The largest absolute Gasteiger partial charge is 0.507 e. The van der Waals surface area contributed by atoms with Crippen LogP contribution in [-0.4, -0.2) is 117 Å². The minimum absolute atomic E-state index is 0.0164. The predicted octanol–water partition coefficient (Wildman–Crippen LogP) is -0.862. The van der Waals surface area contributed by atoms with E-state index in [1.54, 1.807) is 24.3 Å². The summed E-state index contributed by atoms with van der Waals surface area (Å²) in [5.41, 5.74) is 0.668. The second kappa shape index (κ2) is 12.3. The molecule has 2 aromatic carbocycles. The first-order valence-electron chi connectivity index (χ1n) is 13.4. The van der Waals surface area contributed by atoms with E-state index in [2.05, 4.69) is 0 Å². The fourth-order valence-electron chi connectivity index (χ4n) is 5.22. The number of aromatic hydroxyl groups is 1. The molecule has 0 radical (unpaired) electrons. The van der Waals surface area contributed by atoms with Crippen LogP contribution in [-0.2, 0) is 14.2 Å². The van der Waals surface area contributed by atoms with Crippen molar-refractivity contribution in [1.29, 1.82) is 0 Å². The maximum absolute atomic E-state index is 12.9. The number of ketones is 1. The number of hydrogen-bond donors (Lipinski definition) is 7. The minimum Gasteiger partial charge on any atom is -0.507 e. The maximum atomic E-state index is 12.9. The number of phenols is 1. The topological polar surface area (TPSA) is 214 Å². The summed E-state index contributed by atoms with van der Waals surface area (Å²) in [6.07, 6.45) is -15.6. The van der Waals surface area contributed by atoms with E-state index in [0.717, 1.165) is 6.07 Å². The van der Waals surface area contributed by atoms with Crippen LogP contribution in [0.15, 0.2) is 36.4 Å². The number of fused-ring (bicyclic) bond motifs is 1. The standard InChI is InChI=1S/C28H34O14/c1-11-21(32)22(33)24(35)27(38-11)42-26-19(10-29)41-28(25(36)23(26)34)39-14-7-15(30)20-16(31)9-17(40-18(20)8-14)12-3-5-13(37-2)6-4-12/h3-8,11,17,19,21-30,32-36H,9-10H2,1-2H3/t11-,17?,19+,21-,22+,23+,24+,25+,26+,27-,28+/m0/s1. The van der Waals surface area contributed by atoms with E-state index >= 15 is 0 Å². The van der Waals surface area contributed by atoms with Crippen molar-refractivity contribution < 1.29 is 69.0 Å². The summed E-state index contributed by atoms with van der Waals surface area (Å²) in [5, 5.41) is 72.4. The van der Waals surface area contributed by atoms with Gasteiger partial charge in [-0.3, -0.25) is 4.79 Å². The van der Waals surface area contributed by atoms with Crippen molar-refractivity contribution in [2.75, 3.05) is 13.7 Å². The molecule has 3 heterocycles. The molecule has 2 aromatic rings. The van der Waals surface area contributed by atoms with E-state index in [9.17, 15) is 40.5 Å². The lowest BCUT2D eigenvalue weighted by Crippen LogP contribution is -2.64. The van der Waals surface area contributed by atoms with Gasteiger partial charge in [-0.25, -0.2) is 0 Å². The number of benzene rings is 2. The highest BCUT2D eigenvalue weighted by atomic mass is 16.7. The number of carbonyl (C=O) groups excluding carboxylic acids is 1. The number of hydrogen-bond acceptors (Lipinski definition) is 14. The van der Waals surface area contributed by atoms with Gasteiger partial charge in [-0.2, -0.15) is 0 Å². The molecule has 0 spiro atoms. The van der Waals surface area contributed by atoms with Crippen LogP contribution in [0.3, 0.4) is 0 Å². The summed E-state index contributed by atoms with van der Waals surface area (Å²) in [6.45, 7) is 0.727. The van der Waals surface area contributed by atoms with Gasteiger partial charge in [0.25, 0.3) is 0 Å². The lowest BCUT2D eigenvalue weighted by Gasteiger charge is -2.45. The van der Waals surface area contributed by atoms with Crippen molar-refractivity contribution in [3.05, 3.63) is 47.5 Å². The van der Waals surface area contributed by atoms with Crippen molar-refractivity contribution in [3.8, 4) is 23.0 Å². The molecule has 0 aromatic heterocycles. The molecule has 2 fully saturated rings. The van der Waals surface area contributed by atoms with Crippen LogP contribution in [0.4, 0.5) is 0 Å². The van der Waals surface area contributed by atoms with E-state index in [0.29, 0.717) is 11.3 Å². The molecule has 14 nitrogen and oxygen atoms in total. The summed E-state index contributed by atoms with van der Waals surface area (Å²) >= 11 is 0. The van der Waals surface area contributed by atoms with Crippen LogP contribution < -0.4 is 14.2 Å². The molecule has 230 valence electrons. The Morgan fingerprint density at radius 2 is 1.57 bits per heavy atom. The van der Waals surface area contributed by atoms with Crippen molar-refractivity contribution in [2.45, 2.75) is 80.9 Å². The Bertz CT molecular complexity index is 1250. The molecule has 11 atom stereocenters. The number of rotatable bonds is 7. The van der Waals surface area contributed by atoms with Crippen LogP contribution >= 0.6 is 0 Å². The van der Waals surface area contributed by atoms with Crippen molar-refractivity contribution in [1.82, 2.24) is 0 Å². The molecule has 7 N–H and O–H groups in total. The van der Waals surface area contributed by atoms with Gasteiger partial charge in [0.1, 0.15) is 77.4 Å². The van der Waals surface area contributed by atoms with Crippen LogP contribution in [0.5, 0.6) is 23.0 Å². The first-order chi connectivity index (χ1) is 20.0. The van der Waals surface area contributed by atoms with Gasteiger partial charge in [-0.15, -0.1) is 0 Å². The fourth-order valence-corrected chi connectivity index (χ4v) is 5.22. The fraction of sp³-hybridized carbons (Fsp3) is 0.536. The lowest BCUT2D eigenvalue weighted by atomic mass is 9.95. The number of phenolic OH excluding ortho intramolecular Hbond substituents is 1. The summed E-state index contributed by atoms with van der Waals surface area (Å²) in [4.78, 5) is 12.9. The smallest absolute Gasteiger partial charge is 0.229 e. The van der Waals surface area contributed by atoms with Crippen LogP contribution in [0, 0.1) is 0 Å². The third-order valence-electron chi connectivity index (χ3n) is 7.63. The molecule has 42 heavy (non-hydrogen) atoms. The minimum atomic E-state index is -1.76. The van der Waals surface area contributed by atoms with Crippen molar-refractivity contribution >= 4 is 5.78 Å². The number of carbonyl (C=O) groups is 1. The predicted molar refractivity (Wildman–Crippen MR) is 139 cm³/mol. The summed E-state index contributed by atoms with van der Waals surface area (Å²) in [5.74, 6) is -0.190. The Kier molecular flexibility index (Phi) is 8.89. The molecule has 5 rings (SSSR count). The maximum Gasteiger partial charge on any atom is 0.229 e. The van der Waals surface area contributed by atoms with Crippen molar-refractivity contribution in [3.63, 3.8) is 0 Å². The van der Waals surface area contributed by atoms with Gasteiger partial charge in [0.2, 0.25) is 6.29 Å². The van der Waals surface area contributed by atoms with Gasteiger partial charge in [0.15, 0.2) is 12.1 Å². The number of methoxy groups -OCH3 is 1. The van der Waals surface area contributed by atoms with Crippen LogP contribution in [0.25, 0.3) is 0 Å². The average Bonchev–Trinajstić information content (AvgIpc) is 2.97. The lowest BCUT2D eigenvalue weighted by molar-refractivity contribution is -0.349. The normalized spacial score (nSPS) is 36.6. The zero-order chi connectivity index (χ0) is 30.3. The van der Waals surface area contributed by atoms with Crippen LogP contribution in [0.2, 0.25) is 0 Å². The average molecular weight is 595 g/mol. The van der Waals surface area contributed by atoms with E-state index in [-0.39, 0.29) is 29.3 Å². The Morgan fingerprint density at radius 3 is 2.24 bits per heavy atom. The molecule has 0 amide bonds. The number of Topliss-reactive ketones (excluding diaryl/α,β-unsaturated/α-hetero) is 1. The molecule has 0 saturated carbocycles. The van der Waals surface area contributed by atoms with E-state index in [4.69, 9.17) is 28.4 Å². The number of aliphatic hydroxyl groups is 6. The van der Waals surface area contributed by atoms with Gasteiger partial charge in [0, 0.05) is 12.1 Å². The molecule has 0 bridgehead atoms. The summed E-state index contributed by atoms with van der Waals surface area (Å²) in [7, 11) is 1.53. The van der Waals surface area contributed by atoms with Crippen molar-refractivity contribution in [2.24, 2.45) is 0 Å². The SMILES string of the molecule is COc1ccc(C2CC(=O)c3c(O)cc(O[C@@H]4O[C@H](CO)[C@@H](O[C@@H]5O[C@@H](C)[C@H](O)[C@@H](O)[C@H]5O)[C@H](O)[C@H]4O)cc3O2)cc1. The number of ether oxygens (including phenoxy) is 6. The first-order valence-corrected chi connectivity index (χ1v) is 13.4. The van der Waals surface area contributed by atoms with Gasteiger partial charge < -0.3 is 64.2 Å². The zero-order valence-corrected chi connectivity index (χ0v) is 22.7. The molecule has 1 unspecified atom stereocenters. The highest BCUT2D eigenvalue weighted by Crippen LogP contribution is 2.43. The molecule has 14 heteroatoms. The summed E-state index contributed by atoms with van der Waals surface area (Å²) in [6, 6.07) is 9.43. The van der Waals surface area contributed by atoms with Gasteiger partial charge in [-0.1, -0.05) is 12.1 Å². The Hall–Kier alpha value is -3.05. The van der Waals surface area contributed by atoms with Gasteiger partial charge in [-0.05, 0) is 24.6 Å². The third kappa shape index (κ3) is 5.77.